The number of rotatable bonds is 5. The quantitative estimate of drug-likeness (QED) is 0.234. The standard InChI is InChI=1S/C14H14BrN3/c1-3-11(2)10-12(8-9-17-18-16)13-6-4-5-7-14(13)15/h3-7H,1,8-9H2,2H3. The molecule has 0 radical (unpaired) electrons. The first-order valence-electron chi connectivity index (χ1n) is 5.53. The smallest absolute Gasteiger partial charge is 0.0304 e. The van der Waals surface area contributed by atoms with Gasteiger partial charge in [-0.15, -0.1) is 5.73 Å². The fourth-order valence-corrected chi connectivity index (χ4v) is 1.99. The molecule has 0 saturated carbocycles. The third-order valence-corrected chi connectivity index (χ3v) is 3.07. The Labute approximate surface area is 115 Å². The largest absolute Gasteiger partial charge is 0.113 e. The zero-order chi connectivity index (χ0) is 13.4. The summed E-state index contributed by atoms with van der Waals surface area (Å²) in [6.45, 7) is 6.08. The predicted octanol–water partition coefficient (Wildman–Crippen LogP) is 5.26. The molecule has 0 unspecified atom stereocenters. The van der Waals surface area contributed by atoms with Crippen molar-refractivity contribution in [2.24, 2.45) is 5.11 Å². The lowest BCUT2D eigenvalue weighted by Crippen LogP contribution is -1.88. The van der Waals surface area contributed by atoms with Crippen molar-refractivity contribution in [1.82, 2.24) is 0 Å². The molecule has 0 aromatic heterocycles. The van der Waals surface area contributed by atoms with Gasteiger partial charge in [0, 0.05) is 21.5 Å². The van der Waals surface area contributed by atoms with E-state index in [1.807, 2.05) is 31.2 Å². The molecular formula is C14H14BrN3. The van der Waals surface area contributed by atoms with Crippen molar-refractivity contribution in [2.45, 2.75) is 13.3 Å². The van der Waals surface area contributed by atoms with E-state index in [4.69, 9.17) is 5.53 Å². The molecule has 92 valence electrons. The van der Waals surface area contributed by atoms with Gasteiger partial charge in [0.15, 0.2) is 0 Å². The molecule has 0 aliphatic carbocycles. The van der Waals surface area contributed by atoms with Gasteiger partial charge >= 0.3 is 0 Å². The zero-order valence-corrected chi connectivity index (χ0v) is 11.8. The summed E-state index contributed by atoms with van der Waals surface area (Å²) in [6.07, 6.45) is 2.41. The Bertz CT molecular complexity index is 548. The van der Waals surface area contributed by atoms with Crippen LogP contribution in [0.25, 0.3) is 16.0 Å². The van der Waals surface area contributed by atoms with Gasteiger partial charge < -0.3 is 0 Å². The van der Waals surface area contributed by atoms with Crippen LogP contribution in [0.15, 0.2) is 57.8 Å². The lowest BCUT2D eigenvalue weighted by Gasteiger charge is -2.06. The molecule has 4 heteroatoms. The molecule has 0 amide bonds. The van der Waals surface area contributed by atoms with Crippen LogP contribution >= 0.6 is 15.9 Å². The summed E-state index contributed by atoms with van der Waals surface area (Å²) in [7, 11) is 0. The van der Waals surface area contributed by atoms with Crippen molar-refractivity contribution in [3.05, 3.63) is 68.7 Å². The first-order chi connectivity index (χ1) is 8.69. The maximum Gasteiger partial charge on any atom is 0.0304 e. The minimum absolute atomic E-state index is 0.421. The van der Waals surface area contributed by atoms with Crippen molar-refractivity contribution in [3.63, 3.8) is 0 Å². The minimum atomic E-state index is 0.421. The molecule has 0 N–H and O–H groups in total. The van der Waals surface area contributed by atoms with Crippen LogP contribution in [0.1, 0.15) is 18.9 Å². The third kappa shape index (κ3) is 4.27. The maximum atomic E-state index is 8.33. The second kappa shape index (κ2) is 7.57. The summed E-state index contributed by atoms with van der Waals surface area (Å²) in [4.78, 5) is 2.77. The number of benzene rings is 1. The fraction of sp³-hybridized carbons (Fsp3) is 0.214. The van der Waals surface area contributed by atoms with Crippen LogP contribution in [0.5, 0.6) is 0 Å². The van der Waals surface area contributed by atoms with Gasteiger partial charge in [-0.2, -0.15) is 0 Å². The molecule has 0 saturated heterocycles. The van der Waals surface area contributed by atoms with Crippen LogP contribution in [-0.4, -0.2) is 6.54 Å². The van der Waals surface area contributed by atoms with E-state index in [-0.39, 0.29) is 0 Å². The number of allylic oxidation sites excluding steroid dienone is 1. The summed E-state index contributed by atoms with van der Waals surface area (Å²) in [5.74, 6) is 0. The molecule has 3 nitrogen and oxygen atoms in total. The van der Waals surface area contributed by atoms with E-state index in [0.717, 1.165) is 21.2 Å². The van der Waals surface area contributed by atoms with Gasteiger partial charge in [0.05, 0.1) is 0 Å². The number of nitrogens with zero attached hydrogens (tertiary/aromatic N) is 3. The average molecular weight is 304 g/mol. The van der Waals surface area contributed by atoms with Crippen molar-refractivity contribution in [3.8, 4) is 0 Å². The topological polar surface area (TPSA) is 48.8 Å². The summed E-state index contributed by atoms with van der Waals surface area (Å²) in [5.41, 5.74) is 14.6. The molecule has 1 aromatic carbocycles. The highest BCUT2D eigenvalue weighted by atomic mass is 79.9. The zero-order valence-electron chi connectivity index (χ0n) is 10.2. The summed E-state index contributed by atoms with van der Waals surface area (Å²) >= 11 is 3.52. The Balaban J connectivity index is 3.21. The van der Waals surface area contributed by atoms with Crippen molar-refractivity contribution < 1.29 is 0 Å². The number of halogens is 1. The van der Waals surface area contributed by atoms with Gasteiger partial charge in [-0.1, -0.05) is 51.9 Å². The molecule has 0 spiro atoms. The Morgan fingerprint density at radius 3 is 2.89 bits per heavy atom. The van der Waals surface area contributed by atoms with E-state index in [2.05, 4.69) is 38.3 Å². The van der Waals surface area contributed by atoms with E-state index >= 15 is 0 Å². The monoisotopic (exact) mass is 303 g/mol. The van der Waals surface area contributed by atoms with E-state index in [1.165, 1.54) is 0 Å². The Morgan fingerprint density at radius 2 is 2.28 bits per heavy atom. The Hall–Kier alpha value is -1.73. The van der Waals surface area contributed by atoms with Crippen molar-refractivity contribution >= 4 is 21.5 Å². The lowest BCUT2D eigenvalue weighted by atomic mass is 10.0. The highest BCUT2D eigenvalue weighted by Crippen LogP contribution is 2.26. The predicted molar refractivity (Wildman–Crippen MR) is 79.1 cm³/mol. The van der Waals surface area contributed by atoms with Gasteiger partial charge in [0.2, 0.25) is 0 Å². The van der Waals surface area contributed by atoms with E-state index in [1.54, 1.807) is 6.08 Å². The van der Waals surface area contributed by atoms with Crippen LogP contribution in [0.3, 0.4) is 0 Å². The van der Waals surface area contributed by atoms with Crippen molar-refractivity contribution in [1.29, 1.82) is 0 Å². The van der Waals surface area contributed by atoms with Gasteiger partial charge in [-0.25, -0.2) is 0 Å². The van der Waals surface area contributed by atoms with Crippen LogP contribution in [0.2, 0.25) is 0 Å². The van der Waals surface area contributed by atoms with Crippen LogP contribution in [0, 0.1) is 0 Å². The van der Waals surface area contributed by atoms with Crippen LogP contribution < -0.4 is 0 Å². The molecule has 0 heterocycles. The Morgan fingerprint density at radius 1 is 1.56 bits per heavy atom. The third-order valence-electron chi connectivity index (χ3n) is 2.38. The summed E-state index contributed by atoms with van der Waals surface area (Å²) in [6, 6.07) is 7.92. The van der Waals surface area contributed by atoms with Gasteiger partial charge in [0.25, 0.3) is 0 Å². The molecule has 1 rings (SSSR count). The van der Waals surface area contributed by atoms with Crippen LogP contribution in [-0.2, 0) is 0 Å². The molecule has 0 atom stereocenters. The highest BCUT2D eigenvalue weighted by Gasteiger charge is 2.04. The molecule has 0 aliphatic heterocycles. The van der Waals surface area contributed by atoms with Gasteiger partial charge in [-0.3, -0.25) is 0 Å². The van der Waals surface area contributed by atoms with Gasteiger partial charge in [-0.05, 0) is 36.1 Å². The van der Waals surface area contributed by atoms with E-state index < -0.39 is 0 Å². The number of hydrogen-bond acceptors (Lipinski definition) is 1. The SMILES string of the molecule is C=CC(C)=C=C(CCN=[N+]=[N-])c1ccccc1Br. The highest BCUT2D eigenvalue weighted by molar-refractivity contribution is 9.10. The normalized spacial score (nSPS) is 9.00. The molecule has 0 aliphatic rings. The fourth-order valence-electron chi connectivity index (χ4n) is 1.47. The van der Waals surface area contributed by atoms with E-state index in [0.29, 0.717) is 13.0 Å². The first-order valence-corrected chi connectivity index (χ1v) is 6.33. The molecular weight excluding hydrogens is 290 g/mol. The van der Waals surface area contributed by atoms with Crippen LogP contribution in [0.4, 0.5) is 0 Å². The second-order valence-corrected chi connectivity index (χ2v) is 4.53. The molecule has 1 aromatic rings. The molecule has 18 heavy (non-hydrogen) atoms. The summed E-state index contributed by atoms with van der Waals surface area (Å²) < 4.78 is 1.00. The van der Waals surface area contributed by atoms with Crippen molar-refractivity contribution in [2.75, 3.05) is 6.54 Å². The molecule has 0 bridgehead atoms. The number of hydrogen-bond donors (Lipinski definition) is 0. The maximum absolute atomic E-state index is 8.33. The lowest BCUT2D eigenvalue weighted by molar-refractivity contribution is 1.00. The second-order valence-electron chi connectivity index (χ2n) is 3.68. The van der Waals surface area contributed by atoms with Gasteiger partial charge in [0.1, 0.15) is 0 Å². The average Bonchev–Trinajstić information content (AvgIpc) is 2.38. The first kappa shape index (κ1) is 14.3. The Kier molecular flexibility index (Phi) is 6.03. The van der Waals surface area contributed by atoms with E-state index in [9.17, 15) is 0 Å². The molecule has 0 fully saturated rings. The number of azide groups is 1. The summed E-state index contributed by atoms with van der Waals surface area (Å²) in [5, 5.41) is 3.57. The minimum Gasteiger partial charge on any atom is -0.113 e.